The van der Waals surface area contributed by atoms with E-state index in [0.29, 0.717) is 5.92 Å². The topological polar surface area (TPSA) is 20.2 Å². The molecule has 0 rings (SSSR count). The molecule has 0 saturated carbocycles. The second kappa shape index (κ2) is 4.57. The molecule has 9 heavy (non-hydrogen) atoms. The van der Waals surface area contributed by atoms with E-state index in [-0.39, 0.29) is 6.61 Å². The number of aliphatic hydroxyl groups excluding tert-OH is 1. The molecular weight excluding hydrogens is 112 g/mol. The van der Waals surface area contributed by atoms with Crippen molar-refractivity contribution in [2.75, 3.05) is 6.61 Å². The highest BCUT2D eigenvalue weighted by atomic mass is 16.3. The second-order valence-electron chi connectivity index (χ2n) is 2.46. The smallest absolute Gasteiger partial charge is 0.0436 e. The fraction of sp³-hybridized carbons (Fsp3) is 0.750. The summed E-state index contributed by atoms with van der Waals surface area (Å²) in [5, 5.41) is 8.58. The van der Waals surface area contributed by atoms with Crippen molar-refractivity contribution in [3.8, 4) is 0 Å². The highest BCUT2D eigenvalue weighted by Crippen LogP contribution is 2.15. The second-order valence-corrected chi connectivity index (χ2v) is 2.46. The molecular formula is C8H16O. The van der Waals surface area contributed by atoms with Crippen molar-refractivity contribution in [2.45, 2.75) is 26.7 Å². The average Bonchev–Trinajstić information content (AvgIpc) is 1.82. The Balaban J connectivity index is 3.54. The van der Waals surface area contributed by atoms with Crippen LogP contribution in [0.3, 0.4) is 0 Å². The molecule has 0 saturated heterocycles. The molecule has 1 atom stereocenters. The number of rotatable bonds is 4. The van der Waals surface area contributed by atoms with E-state index in [1.54, 1.807) is 0 Å². The summed E-state index contributed by atoms with van der Waals surface area (Å²) >= 11 is 0. The minimum Gasteiger partial charge on any atom is -0.396 e. The van der Waals surface area contributed by atoms with Crippen molar-refractivity contribution in [3.63, 3.8) is 0 Å². The number of aliphatic hydroxyl groups is 1. The Hall–Kier alpha value is -0.300. The molecule has 0 radical (unpaired) electrons. The van der Waals surface area contributed by atoms with E-state index in [0.717, 1.165) is 12.8 Å². The highest BCUT2D eigenvalue weighted by molar-refractivity contribution is 4.94. The van der Waals surface area contributed by atoms with E-state index in [9.17, 15) is 0 Å². The summed E-state index contributed by atoms with van der Waals surface area (Å²) < 4.78 is 0. The van der Waals surface area contributed by atoms with Crippen LogP contribution in [0.2, 0.25) is 0 Å². The molecule has 0 aliphatic carbocycles. The molecule has 0 amide bonds. The first kappa shape index (κ1) is 8.70. The third-order valence-electron chi connectivity index (χ3n) is 1.67. The zero-order chi connectivity index (χ0) is 7.28. The predicted molar refractivity (Wildman–Crippen MR) is 40.3 cm³/mol. The minimum atomic E-state index is 0.283. The van der Waals surface area contributed by atoms with Crippen LogP contribution in [0, 0.1) is 5.92 Å². The third-order valence-corrected chi connectivity index (χ3v) is 1.67. The van der Waals surface area contributed by atoms with Crippen molar-refractivity contribution in [2.24, 2.45) is 5.92 Å². The maximum Gasteiger partial charge on any atom is 0.0436 e. The molecule has 1 nitrogen and oxygen atoms in total. The Bertz CT molecular complexity index is 86.6. The summed E-state index contributed by atoms with van der Waals surface area (Å²) in [6.07, 6.45) is 1.96. The standard InChI is InChI=1S/C8H16O/c1-4-8(5-6-9)7(2)3/h8-9H,2,4-6H2,1,3H3. The molecule has 54 valence electrons. The normalized spacial score (nSPS) is 13.2. The zero-order valence-corrected chi connectivity index (χ0v) is 6.35. The van der Waals surface area contributed by atoms with Crippen LogP contribution in [0.5, 0.6) is 0 Å². The van der Waals surface area contributed by atoms with Crippen molar-refractivity contribution >= 4 is 0 Å². The molecule has 0 spiro atoms. The van der Waals surface area contributed by atoms with Crippen molar-refractivity contribution < 1.29 is 5.11 Å². The van der Waals surface area contributed by atoms with Crippen LogP contribution in [0.25, 0.3) is 0 Å². The van der Waals surface area contributed by atoms with Crippen LogP contribution in [-0.4, -0.2) is 11.7 Å². The quantitative estimate of drug-likeness (QED) is 0.574. The van der Waals surface area contributed by atoms with Gasteiger partial charge in [-0.15, -0.1) is 0 Å². The molecule has 0 aromatic heterocycles. The van der Waals surface area contributed by atoms with Crippen LogP contribution >= 0.6 is 0 Å². The molecule has 1 unspecified atom stereocenters. The van der Waals surface area contributed by atoms with Crippen LogP contribution in [0.4, 0.5) is 0 Å². The molecule has 0 heterocycles. The molecule has 1 heteroatoms. The summed E-state index contributed by atoms with van der Waals surface area (Å²) in [4.78, 5) is 0. The molecule has 0 aliphatic heterocycles. The lowest BCUT2D eigenvalue weighted by atomic mass is 9.96. The maximum atomic E-state index is 8.58. The lowest BCUT2D eigenvalue weighted by molar-refractivity contribution is 0.265. The number of hydrogen-bond donors (Lipinski definition) is 1. The van der Waals surface area contributed by atoms with E-state index in [4.69, 9.17) is 5.11 Å². The van der Waals surface area contributed by atoms with Gasteiger partial charge in [-0.2, -0.15) is 0 Å². The van der Waals surface area contributed by atoms with Crippen molar-refractivity contribution in [3.05, 3.63) is 12.2 Å². The van der Waals surface area contributed by atoms with Crippen LogP contribution in [0.1, 0.15) is 26.7 Å². The third kappa shape index (κ3) is 3.31. The predicted octanol–water partition coefficient (Wildman–Crippen LogP) is 1.97. The van der Waals surface area contributed by atoms with Crippen molar-refractivity contribution in [1.82, 2.24) is 0 Å². The Kier molecular flexibility index (Phi) is 4.41. The Morgan fingerprint density at radius 3 is 2.33 bits per heavy atom. The lowest BCUT2D eigenvalue weighted by Crippen LogP contribution is -2.01. The zero-order valence-electron chi connectivity index (χ0n) is 6.35. The number of hydrogen-bond acceptors (Lipinski definition) is 1. The van der Waals surface area contributed by atoms with Gasteiger partial charge < -0.3 is 5.11 Å². The van der Waals surface area contributed by atoms with Gasteiger partial charge in [0.1, 0.15) is 0 Å². The fourth-order valence-corrected chi connectivity index (χ4v) is 0.955. The summed E-state index contributed by atoms with van der Waals surface area (Å²) in [7, 11) is 0. The van der Waals surface area contributed by atoms with Crippen LogP contribution in [-0.2, 0) is 0 Å². The summed E-state index contributed by atoms with van der Waals surface area (Å²) in [6, 6.07) is 0. The van der Waals surface area contributed by atoms with Gasteiger partial charge in [0.25, 0.3) is 0 Å². The van der Waals surface area contributed by atoms with E-state index < -0.39 is 0 Å². The van der Waals surface area contributed by atoms with Crippen molar-refractivity contribution in [1.29, 1.82) is 0 Å². The van der Waals surface area contributed by atoms with Gasteiger partial charge >= 0.3 is 0 Å². The first-order chi connectivity index (χ1) is 4.22. The first-order valence-corrected chi connectivity index (χ1v) is 3.48. The Morgan fingerprint density at radius 1 is 1.67 bits per heavy atom. The molecule has 0 aliphatic rings. The van der Waals surface area contributed by atoms with Crippen LogP contribution in [0.15, 0.2) is 12.2 Å². The van der Waals surface area contributed by atoms with Gasteiger partial charge in [0, 0.05) is 6.61 Å². The monoisotopic (exact) mass is 128 g/mol. The van der Waals surface area contributed by atoms with Gasteiger partial charge in [-0.1, -0.05) is 19.1 Å². The van der Waals surface area contributed by atoms with E-state index in [1.807, 2.05) is 6.92 Å². The van der Waals surface area contributed by atoms with Gasteiger partial charge in [0.05, 0.1) is 0 Å². The van der Waals surface area contributed by atoms with Crippen LogP contribution < -0.4 is 0 Å². The SMILES string of the molecule is C=C(C)C(CC)CCO. The lowest BCUT2D eigenvalue weighted by Gasteiger charge is -2.11. The van der Waals surface area contributed by atoms with Gasteiger partial charge in [-0.25, -0.2) is 0 Å². The van der Waals surface area contributed by atoms with Gasteiger partial charge in [-0.05, 0) is 25.7 Å². The molecule has 1 N–H and O–H groups in total. The van der Waals surface area contributed by atoms with Gasteiger partial charge in [0.2, 0.25) is 0 Å². The average molecular weight is 128 g/mol. The van der Waals surface area contributed by atoms with E-state index in [1.165, 1.54) is 5.57 Å². The Labute approximate surface area is 57.4 Å². The largest absolute Gasteiger partial charge is 0.396 e. The number of allylic oxidation sites excluding steroid dienone is 1. The van der Waals surface area contributed by atoms with E-state index in [2.05, 4.69) is 13.5 Å². The maximum absolute atomic E-state index is 8.58. The molecule has 0 aromatic rings. The molecule has 0 fully saturated rings. The summed E-state index contributed by atoms with van der Waals surface area (Å²) in [6.45, 7) is 8.25. The first-order valence-electron chi connectivity index (χ1n) is 3.48. The van der Waals surface area contributed by atoms with E-state index >= 15 is 0 Å². The van der Waals surface area contributed by atoms with Gasteiger partial charge in [0.15, 0.2) is 0 Å². The minimum absolute atomic E-state index is 0.283. The Morgan fingerprint density at radius 2 is 2.22 bits per heavy atom. The summed E-state index contributed by atoms with van der Waals surface area (Å²) in [5.41, 5.74) is 1.19. The fourth-order valence-electron chi connectivity index (χ4n) is 0.955. The highest BCUT2D eigenvalue weighted by Gasteiger charge is 2.03. The summed E-state index contributed by atoms with van der Waals surface area (Å²) in [5.74, 6) is 0.523. The van der Waals surface area contributed by atoms with Gasteiger partial charge in [-0.3, -0.25) is 0 Å². The molecule has 0 aromatic carbocycles. The molecule has 0 bridgehead atoms.